The molecule has 6 aliphatic carbocycles. The molecule has 8 aliphatic rings. The van der Waals surface area contributed by atoms with Crippen LogP contribution in [0.15, 0.2) is 250 Å². The van der Waals surface area contributed by atoms with Crippen LogP contribution in [0.1, 0.15) is 138 Å². The SMILES string of the molecule is CC1(C)C2=C(C=CCC2)C2c3c(c4ccccc4n3-c3cccc4c3CCC=C4)-c3c(c4c(n3-c3ccc(C5=NC(c6ccccc6)NC(c6cccc(-c7ccccc7)c6)N5)cc3C3=NC(c5ccccc5)=NC(C5=CCCC=C5)N3)C=CCC4)C21. The minimum atomic E-state index is -0.368. The summed E-state index contributed by atoms with van der Waals surface area (Å²) < 4.78 is 5.42. The number of rotatable bonds is 9. The first-order valence-electron chi connectivity index (χ1n) is 31.5. The van der Waals surface area contributed by atoms with Crippen molar-refractivity contribution >= 4 is 40.6 Å². The highest BCUT2D eigenvalue weighted by atomic mass is 15.3. The van der Waals surface area contributed by atoms with Gasteiger partial charge in [0.05, 0.1) is 16.9 Å². The lowest BCUT2D eigenvalue weighted by molar-refractivity contribution is 0.343. The fourth-order valence-corrected chi connectivity index (χ4v) is 16.0. The van der Waals surface area contributed by atoms with Crippen LogP contribution in [0.5, 0.6) is 0 Å². The van der Waals surface area contributed by atoms with E-state index in [2.05, 4.69) is 270 Å². The molecule has 7 aromatic carbocycles. The number of nitrogens with zero attached hydrogens (tertiary/aromatic N) is 5. The van der Waals surface area contributed by atoms with E-state index in [1.54, 1.807) is 5.57 Å². The van der Waals surface area contributed by atoms with Crippen molar-refractivity contribution in [2.75, 3.05) is 0 Å². The van der Waals surface area contributed by atoms with E-state index < -0.39 is 0 Å². The maximum atomic E-state index is 5.69. The molecule has 8 heteroatoms. The first-order valence-corrected chi connectivity index (χ1v) is 31.5. The van der Waals surface area contributed by atoms with E-state index in [1.165, 1.54) is 72.6 Å². The Bertz CT molecular complexity index is 4590. The first kappa shape index (κ1) is 51.8. The Kier molecular flexibility index (Phi) is 12.4. The summed E-state index contributed by atoms with van der Waals surface area (Å²) in [4.78, 5) is 16.8. The average Bonchev–Trinajstić information content (AvgIpc) is 1.54. The smallest absolute Gasteiger partial charge is 0.159 e. The summed E-state index contributed by atoms with van der Waals surface area (Å²) in [6.45, 7) is 5.15. The lowest BCUT2D eigenvalue weighted by Crippen LogP contribution is -2.45. The van der Waals surface area contributed by atoms with Crippen molar-refractivity contribution < 1.29 is 0 Å². The summed E-state index contributed by atoms with van der Waals surface area (Å²) in [7, 11) is 0. The third kappa shape index (κ3) is 8.47. The molecule has 0 spiro atoms. The Morgan fingerprint density at radius 1 is 0.529 bits per heavy atom. The van der Waals surface area contributed by atoms with E-state index in [0.29, 0.717) is 5.84 Å². The summed E-state index contributed by atoms with van der Waals surface area (Å²) in [6, 6.07) is 64.1. The van der Waals surface area contributed by atoms with Gasteiger partial charge in [-0.15, -0.1) is 0 Å². The first-order chi connectivity index (χ1) is 42.9. The van der Waals surface area contributed by atoms with E-state index >= 15 is 0 Å². The number of benzene rings is 7. The van der Waals surface area contributed by atoms with Crippen LogP contribution in [-0.4, -0.2) is 32.8 Å². The minimum Gasteiger partial charge on any atom is -0.350 e. The summed E-state index contributed by atoms with van der Waals surface area (Å²) in [5, 5.41) is 13.2. The van der Waals surface area contributed by atoms with Crippen molar-refractivity contribution in [2.24, 2.45) is 20.4 Å². The van der Waals surface area contributed by atoms with Crippen LogP contribution in [0, 0.1) is 5.41 Å². The largest absolute Gasteiger partial charge is 0.350 e. The second-order valence-corrected chi connectivity index (χ2v) is 25.1. The molecule has 2 aliphatic heterocycles. The Hall–Kier alpha value is -9.63. The molecule has 5 atom stereocenters. The summed E-state index contributed by atoms with van der Waals surface area (Å²) in [5.41, 5.74) is 26.3. The molecule has 0 radical (unpaired) electrons. The number of nitrogens with one attached hydrogen (secondary N) is 3. The standard InChI is InChI=1S/C79H68N8/c1-79(2)62-41-20-17-38-58(62)67-70(79)68-59-39-18-21-42-64(59)87(72(68)69-60-40-19-22-43-65(60)86(71(67)69)63-44-24-34-50-27-15-16-37-57(50)63)66-46-45-56(48-61(66)78-84-74(52-30-11-5-12-31-52)80-75(85-78)53-32-13-6-14-33-53)77-82-73(51-28-9-4-10-29-51)81-76(83-77)55-36-23-35-54(47-55)49-25-7-3-8-26-49/h3-5,7-13,15,17,19,21-36,38,40,42-48,67,70,73,75-76,81H,6,14,16,18,20,37,39,41H2,1-2H3,(H,82,83)(H,80,84,85). The zero-order valence-corrected chi connectivity index (χ0v) is 49.2. The highest BCUT2D eigenvalue weighted by Crippen LogP contribution is 2.69. The highest BCUT2D eigenvalue weighted by molar-refractivity contribution is 6.16. The van der Waals surface area contributed by atoms with E-state index in [0.717, 1.165) is 108 Å². The molecule has 87 heavy (non-hydrogen) atoms. The second-order valence-electron chi connectivity index (χ2n) is 25.1. The van der Waals surface area contributed by atoms with E-state index in [9.17, 15) is 0 Å². The molecule has 17 rings (SSSR count). The maximum absolute atomic E-state index is 5.69. The van der Waals surface area contributed by atoms with Crippen molar-refractivity contribution in [3.8, 4) is 33.8 Å². The molecule has 8 nitrogen and oxygen atoms in total. The van der Waals surface area contributed by atoms with Gasteiger partial charge in [0, 0.05) is 56.6 Å². The van der Waals surface area contributed by atoms with Gasteiger partial charge in [0.25, 0.3) is 0 Å². The predicted molar refractivity (Wildman–Crippen MR) is 357 cm³/mol. The molecule has 0 bridgehead atoms. The molecule has 0 saturated carbocycles. The second kappa shape index (κ2) is 20.8. The summed E-state index contributed by atoms with van der Waals surface area (Å²) >= 11 is 0. The van der Waals surface area contributed by atoms with Gasteiger partial charge < -0.3 is 19.8 Å². The molecule has 2 aromatic heterocycles. The lowest BCUT2D eigenvalue weighted by atomic mass is 9.65. The molecule has 3 N–H and O–H groups in total. The zero-order valence-electron chi connectivity index (χ0n) is 49.2. The quantitative estimate of drug-likeness (QED) is 0.135. The number of hydrogen-bond donors (Lipinski definition) is 3. The Morgan fingerprint density at radius 3 is 2.09 bits per heavy atom. The Morgan fingerprint density at radius 2 is 1.25 bits per heavy atom. The van der Waals surface area contributed by atoms with Crippen LogP contribution in [0.4, 0.5) is 0 Å². The van der Waals surface area contributed by atoms with Gasteiger partial charge in [-0.05, 0) is 155 Å². The number of hydrogen-bond acceptors (Lipinski definition) is 6. The predicted octanol–water partition coefficient (Wildman–Crippen LogP) is 17.3. The third-order valence-corrected chi connectivity index (χ3v) is 19.8. The van der Waals surface area contributed by atoms with Gasteiger partial charge in [-0.1, -0.05) is 208 Å². The Labute approximate surface area is 509 Å². The van der Waals surface area contributed by atoms with Crippen LogP contribution in [0.25, 0.3) is 56.8 Å². The Balaban J connectivity index is 0.936. The van der Waals surface area contributed by atoms with Crippen LogP contribution >= 0.6 is 0 Å². The fourth-order valence-electron chi connectivity index (χ4n) is 16.0. The van der Waals surface area contributed by atoms with Crippen molar-refractivity contribution in [1.82, 2.24) is 25.1 Å². The van der Waals surface area contributed by atoms with Gasteiger partial charge in [-0.3, -0.25) is 5.32 Å². The summed E-state index contributed by atoms with van der Waals surface area (Å²) in [5.74, 6) is 2.62. The average molecular weight is 1130 g/mol. The van der Waals surface area contributed by atoms with Crippen LogP contribution < -0.4 is 16.0 Å². The number of aliphatic imine (C=N–C) groups is 3. The van der Waals surface area contributed by atoms with Crippen molar-refractivity contribution in [1.29, 1.82) is 0 Å². The molecule has 5 unspecified atom stereocenters. The molecule has 9 aromatic rings. The molecular formula is C79H68N8. The van der Waals surface area contributed by atoms with Gasteiger partial charge in [-0.2, -0.15) is 0 Å². The molecule has 0 saturated heterocycles. The normalized spacial score (nSPS) is 21.9. The molecule has 4 heterocycles. The molecular weight excluding hydrogens is 1060 g/mol. The number of allylic oxidation sites excluding steroid dienone is 8. The minimum absolute atomic E-state index is 0.124. The van der Waals surface area contributed by atoms with Crippen LogP contribution in [0.3, 0.4) is 0 Å². The van der Waals surface area contributed by atoms with Crippen LogP contribution in [-0.2, 0) is 12.8 Å². The van der Waals surface area contributed by atoms with E-state index in [4.69, 9.17) is 15.0 Å². The van der Waals surface area contributed by atoms with Gasteiger partial charge in [0.1, 0.15) is 30.2 Å². The van der Waals surface area contributed by atoms with Crippen molar-refractivity contribution in [3.05, 3.63) is 297 Å². The lowest BCUT2D eigenvalue weighted by Gasteiger charge is -2.39. The van der Waals surface area contributed by atoms with Gasteiger partial charge >= 0.3 is 0 Å². The van der Waals surface area contributed by atoms with Gasteiger partial charge in [-0.25, -0.2) is 15.0 Å². The van der Waals surface area contributed by atoms with Gasteiger partial charge in [0.2, 0.25) is 0 Å². The van der Waals surface area contributed by atoms with Crippen LogP contribution in [0.2, 0.25) is 0 Å². The van der Waals surface area contributed by atoms with Gasteiger partial charge in [0.15, 0.2) is 5.84 Å². The fraction of sp³-hybridized carbons (Fsp3) is 0.203. The van der Waals surface area contributed by atoms with Crippen molar-refractivity contribution in [3.63, 3.8) is 0 Å². The molecule has 0 fully saturated rings. The maximum Gasteiger partial charge on any atom is 0.159 e. The van der Waals surface area contributed by atoms with E-state index in [-0.39, 0.29) is 35.7 Å². The van der Waals surface area contributed by atoms with Crippen molar-refractivity contribution in [2.45, 2.75) is 95.5 Å². The monoisotopic (exact) mass is 1130 g/mol. The summed E-state index contributed by atoms with van der Waals surface area (Å²) in [6.07, 6.45) is 28.6. The van der Waals surface area contributed by atoms with E-state index in [1.807, 2.05) is 0 Å². The molecule has 0 amide bonds. The third-order valence-electron chi connectivity index (χ3n) is 19.8. The number of aromatic nitrogens is 2. The molecule has 424 valence electrons. The number of amidine groups is 3. The number of para-hydroxylation sites is 1. The zero-order chi connectivity index (χ0) is 57.7. The number of fused-ring (bicyclic) bond motifs is 12. The highest BCUT2D eigenvalue weighted by Gasteiger charge is 2.56. The topological polar surface area (TPSA) is 83.0 Å².